The Morgan fingerprint density at radius 1 is 1.47 bits per heavy atom. The van der Waals surface area contributed by atoms with Gasteiger partial charge in [0.2, 0.25) is 5.95 Å². The minimum atomic E-state index is -0.269. The summed E-state index contributed by atoms with van der Waals surface area (Å²) in [6, 6.07) is 6.80. The van der Waals surface area contributed by atoms with Crippen molar-refractivity contribution in [1.82, 2.24) is 15.2 Å². The predicted molar refractivity (Wildman–Crippen MR) is 71.2 cm³/mol. The number of aromatic amines is 1. The zero-order chi connectivity index (χ0) is 13.7. The van der Waals surface area contributed by atoms with E-state index in [1.807, 2.05) is 0 Å². The van der Waals surface area contributed by atoms with Crippen LogP contribution in [0.25, 0.3) is 0 Å². The van der Waals surface area contributed by atoms with Crippen molar-refractivity contribution in [2.45, 2.75) is 6.92 Å². The van der Waals surface area contributed by atoms with E-state index in [-0.39, 0.29) is 11.9 Å². The first-order valence-corrected chi connectivity index (χ1v) is 5.73. The molecule has 0 bridgehead atoms. The van der Waals surface area contributed by atoms with Crippen molar-refractivity contribution >= 4 is 11.9 Å². The lowest BCUT2D eigenvalue weighted by molar-refractivity contribution is 0.102. The maximum Gasteiger partial charge on any atom is 0.258 e. The summed E-state index contributed by atoms with van der Waals surface area (Å²) in [4.78, 5) is 15.9. The number of benzene rings is 1. The van der Waals surface area contributed by atoms with Gasteiger partial charge >= 0.3 is 0 Å². The van der Waals surface area contributed by atoms with Crippen molar-refractivity contribution in [3.05, 3.63) is 48.3 Å². The first-order valence-electron chi connectivity index (χ1n) is 5.73. The summed E-state index contributed by atoms with van der Waals surface area (Å²) in [7, 11) is 0. The van der Waals surface area contributed by atoms with Crippen molar-refractivity contribution in [3.63, 3.8) is 0 Å². The normalized spacial score (nSPS) is 9.95. The number of ether oxygens (including phenoxy) is 1. The monoisotopic (exact) mass is 258 g/mol. The lowest BCUT2D eigenvalue weighted by Gasteiger charge is -2.04. The highest BCUT2D eigenvalue weighted by Gasteiger charge is 2.08. The molecule has 98 valence electrons. The predicted octanol–water partition coefficient (Wildman–Crippen LogP) is 1.93. The van der Waals surface area contributed by atoms with Crippen LogP contribution in [0.5, 0.6) is 5.75 Å². The Hall–Kier alpha value is -2.63. The number of carbonyl (C=O) groups is 1. The van der Waals surface area contributed by atoms with Gasteiger partial charge in [-0.15, -0.1) is 5.10 Å². The largest absolute Gasteiger partial charge is 0.490 e. The molecule has 2 rings (SSSR count). The van der Waals surface area contributed by atoms with Crippen LogP contribution in [-0.4, -0.2) is 27.7 Å². The quantitative estimate of drug-likeness (QED) is 0.803. The molecule has 1 aromatic carbocycles. The van der Waals surface area contributed by atoms with Crippen molar-refractivity contribution in [2.24, 2.45) is 0 Å². The van der Waals surface area contributed by atoms with Crippen LogP contribution in [0, 0.1) is 6.92 Å². The number of nitrogens with zero attached hydrogens (tertiary/aromatic N) is 2. The first kappa shape index (κ1) is 12.8. The van der Waals surface area contributed by atoms with E-state index in [1.54, 1.807) is 37.3 Å². The number of aromatic nitrogens is 3. The number of aryl methyl sites for hydroxylation is 1. The lowest BCUT2D eigenvalue weighted by Crippen LogP contribution is -2.12. The Bertz CT molecular complexity index is 575. The fourth-order valence-electron chi connectivity index (χ4n) is 1.43. The van der Waals surface area contributed by atoms with E-state index < -0.39 is 0 Å². The zero-order valence-corrected chi connectivity index (χ0v) is 10.5. The molecular formula is C13H14N4O2. The average Bonchev–Trinajstić information content (AvgIpc) is 2.82. The van der Waals surface area contributed by atoms with Crippen LogP contribution in [0.15, 0.2) is 36.9 Å². The summed E-state index contributed by atoms with van der Waals surface area (Å²) >= 11 is 0. The molecule has 0 aliphatic carbocycles. The number of carbonyl (C=O) groups excluding carboxylic acids is 1. The number of anilines is 1. The molecule has 0 saturated heterocycles. The number of hydrogen-bond donors (Lipinski definition) is 2. The van der Waals surface area contributed by atoms with E-state index in [0.717, 1.165) is 0 Å². The molecule has 19 heavy (non-hydrogen) atoms. The van der Waals surface area contributed by atoms with Gasteiger partial charge in [0.1, 0.15) is 18.2 Å². The molecule has 6 heteroatoms. The second-order valence-electron chi connectivity index (χ2n) is 3.82. The number of hydrogen-bond acceptors (Lipinski definition) is 4. The second-order valence-corrected chi connectivity index (χ2v) is 3.82. The Kier molecular flexibility index (Phi) is 3.92. The maximum absolute atomic E-state index is 11.9. The molecule has 0 fully saturated rings. The number of H-pyrrole nitrogens is 1. The lowest BCUT2D eigenvalue weighted by atomic mass is 10.2. The SMILES string of the molecule is C=CCOc1ccc(C(=O)Nc2n[nH]c(C)n2)cc1. The van der Waals surface area contributed by atoms with Gasteiger partial charge in [0, 0.05) is 5.56 Å². The third-order valence-electron chi connectivity index (χ3n) is 2.31. The molecule has 0 aliphatic heterocycles. The summed E-state index contributed by atoms with van der Waals surface area (Å²) in [5.74, 6) is 1.32. The van der Waals surface area contributed by atoms with Crippen LogP contribution >= 0.6 is 0 Å². The molecule has 0 saturated carbocycles. The number of rotatable bonds is 5. The highest BCUT2D eigenvalue weighted by Crippen LogP contribution is 2.13. The van der Waals surface area contributed by atoms with Crippen LogP contribution in [0.1, 0.15) is 16.2 Å². The first-order chi connectivity index (χ1) is 9.19. The number of amides is 1. The molecule has 0 aliphatic rings. The minimum Gasteiger partial charge on any atom is -0.490 e. The van der Waals surface area contributed by atoms with Gasteiger partial charge in [0.15, 0.2) is 0 Å². The molecule has 1 aromatic heterocycles. The van der Waals surface area contributed by atoms with Crippen LogP contribution in [0.4, 0.5) is 5.95 Å². The fourth-order valence-corrected chi connectivity index (χ4v) is 1.43. The molecule has 6 nitrogen and oxygen atoms in total. The molecule has 0 radical (unpaired) electrons. The molecule has 1 heterocycles. The third-order valence-corrected chi connectivity index (χ3v) is 2.31. The van der Waals surface area contributed by atoms with E-state index in [4.69, 9.17) is 4.74 Å². The van der Waals surface area contributed by atoms with Gasteiger partial charge in [-0.25, -0.2) is 0 Å². The smallest absolute Gasteiger partial charge is 0.258 e. The average molecular weight is 258 g/mol. The maximum atomic E-state index is 11.9. The fraction of sp³-hybridized carbons (Fsp3) is 0.154. The van der Waals surface area contributed by atoms with Crippen molar-refractivity contribution < 1.29 is 9.53 Å². The molecule has 0 atom stereocenters. The summed E-state index contributed by atoms with van der Waals surface area (Å²) in [6.45, 7) is 5.76. The third kappa shape index (κ3) is 3.41. The van der Waals surface area contributed by atoms with Crippen LogP contribution in [0.3, 0.4) is 0 Å². The van der Waals surface area contributed by atoms with Gasteiger partial charge in [-0.05, 0) is 31.2 Å². The Labute approximate surface area is 110 Å². The van der Waals surface area contributed by atoms with E-state index >= 15 is 0 Å². The van der Waals surface area contributed by atoms with Crippen LogP contribution in [-0.2, 0) is 0 Å². The van der Waals surface area contributed by atoms with Crippen molar-refractivity contribution in [3.8, 4) is 5.75 Å². The molecule has 2 aromatic rings. The minimum absolute atomic E-state index is 0.259. The standard InChI is InChI=1S/C13H14N4O2/c1-3-8-19-11-6-4-10(5-7-11)12(18)15-13-14-9(2)16-17-13/h3-7H,1,8H2,2H3,(H2,14,15,16,17,18). The second kappa shape index (κ2) is 5.81. The zero-order valence-electron chi connectivity index (χ0n) is 10.5. The van der Waals surface area contributed by atoms with Gasteiger partial charge in [-0.1, -0.05) is 12.7 Å². The van der Waals surface area contributed by atoms with Gasteiger partial charge in [0.05, 0.1) is 0 Å². The Balaban J connectivity index is 2.01. The topological polar surface area (TPSA) is 79.9 Å². The molecule has 0 unspecified atom stereocenters. The van der Waals surface area contributed by atoms with Crippen LogP contribution < -0.4 is 10.1 Å². The van der Waals surface area contributed by atoms with E-state index in [1.165, 1.54) is 0 Å². The highest BCUT2D eigenvalue weighted by atomic mass is 16.5. The Morgan fingerprint density at radius 2 is 2.21 bits per heavy atom. The Morgan fingerprint density at radius 3 is 2.79 bits per heavy atom. The molecule has 1 amide bonds. The van der Waals surface area contributed by atoms with Crippen molar-refractivity contribution in [1.29, 1.82) is 0 Å². The van der Waals surface area contributed by atoms with Gasteiger partial charge < -0.3 is 4.74 Å². The van der Waals surface area contributed by atoms with Gasteiger partial charge in [-0.2, -0.15) is 4.98 Å². The van der Waals surface area contributed by atoms with E-state index in [2.05, 4.69) is 27.1 Å². The summed E-state index contributed by atoms with van der Waals surface area (Å²) in [5, 5.41) is 9.08. The molecule has 2 N–H and O–H groups in total. The summed E-state index contributed by atoms with van der Waals surface area (Å²) < 4.78 is 5.33. The van der Waals surface area contributed by atoms with Crippen molar-refractivity contribution in [2.75, 3.05) is 11.9 Å². The highest BCUT2D eigenvalue weighted by molar-refractivity contribution is 6.03. The van der Waals surface area contributed by atoms with Gasteiger partial charge in [0.25, 0.3) is 5.91 Å². The number of nitrogens with one attached hydrogen (secondary N) is 2. The summed E-state index contributed by atoms with van der Waals surface area (Å²) in [6.07, 6.45) is 1.66. The molecule has 0 spiro atoms. The van der Waals surface area contributed by atoms with Gasteiger partial charge in [-0.3, -0.25) is 15.2 Å². The van der Waals surface area contributed by atoms with Crippen LogP contribution in [0.2, 0.25) is 0 Å². The molecular weight excluding hydrogens is 244 g/mol. The van der Waals surface area contributed by atoms with E-state index in [0.29, 0.717) is 23.7 Å². The van der Waals surface area contributed by atoms with E-state index in [9.17, 15) is 4.79 Å². The summed E-state index contributed by atoms with van der Waals surface area (Å²) in [5.41, 5.74) is 0.508.